The lowest BCUT2D eigenvalue weighted by atomic mass is 9.93. The van der Waals surface area contributed by atoms with Crippen molar-refractivity contribution in [2.45, 2.75) is 133 Å². The fourth-order valence-electron chi connectivity index (χ4n) is 3.28. The molecule has 0 spiro atoms. The highest BCUT2D eigenvalue weighted by Crippen LogP contribution is 2.35. The Kier molecular flexibility index (Phi) is 12.4. The van der Waals surface area contributed by atoms with Crippen molar-refractivity contribution < 1.29 is 52.7 Å². The van der Waals surface area contributed by atoms with E-state index in [1.807, 2.05) is 0 Å². The molecular formula is C30H52O11. The molecule has 1 heterocycles. The molecular weight excluding hydrogens is 536 g/mol. The van der Waals surface area contributed by atoms with Crippen molar-refractivity contribution >= 4 is 23.9 Å². The highest BCUT2D eigenvalue weighted by Gasteiger charge is 2.55. The van der Waals surface area contributed by atoms with Gasteiger partial charge in [-0.3, -0.25) is 19.2 Å². The number of rotatable bonds is 9. The van der Waals surface area contributed by atoms with Crippen molar-refractivity contribution in [2.24, 2.45) is 21.7 Å². The molecule has 11 nitrogen and oxygen atoms in total. The Bertz CT molecular complexity index is 915. The Balaban J connectivity index is 3.74. The average Bonchev–Trinajstić information content (AvgIpc) is 2.78. The minimum Gasteiger partial charge on any atom is -0.462 e. The number of hydrogen-bond acceptors (Lipinski definition) is 11. The number of carbonyl (C=O) groups is 4. The second kappa shape index (κ2) is 13.8. The van der Waals surface area contributed by atoms with Gasteiger partial charge in [-0.2, -0.15) is 0 Å². The van der Waals surface area contributed by atoms with E-state index in [-0.39, 0.29) is 19.6 Å². The third-order valence-corrected chi connectivity index (χ3v) is 6.05. The molecule has 11 heteroatoms. The van der Waals surface area contributed by atoms with E-state index >= 15 is 0 Å². The van der Waals surface area contributed by atoms with Crippen LogP contribution in [-0.2, 0) is 47.6 Å². The van der Waals surface area contributed by atoms with Crippen molar-refractivity contribution in [1.29, 1.82) is 0 Å². The summed E-state index contributed by atoms with van der Waals surface area (Å²) in [6.07, 6.45) is -6.86. The Hall–Kier alpha value is -2.24. The van der Waals surface area contributed by atoms with Crippen LogP contribution in [0.5, 0.6) is 0 Å². The molecule has 41 heavy (non-hydrogen) atoms. The second-order valence-corrected chi connectivity index (χ2v) is 14.7. The molecule has 1 aliphatic heterocycles. The Labute approximate surface area is 244 Å². The van der Waals surface area contributed by atoms with Gasteiger partial charge < -0.3 is 33.5 Å². The summed E-state index contributed by atoms with van der Waals surface area (Å²) >= 11 is 0. The van der Waals surface area contributed by atoms with Crippen LogP contribution in [0.1, 0.15) is 96.4 Å². The van der Waals surface area contributed by atoms with E-state index in [4.69, 9.17) is 28.4 Å². The number of esters is 4. The largest absolute Gasteiger partial charge is 0.462 e. The zero-order valence-corrected chi connectivity index (χ0v) is 27.1. The van der Waals surface area contributed by atoms with Crippen molar-refractivity contribution in [2.75, 3.05) is 13.2 Å². The first kappa shape index (κ1) is 36.8. The molecule has 6 atom stereocenters. The molecule has 1 N–H and O–H groups in total. The number of ether oxygens (including phenoxy) is 6. The SMILES string of the molecule is C[C@@H](CCO)OC1OC(COC(=O)C(C)(C)C)C(OC(=O)C(C)(C)C)C(OC(=O)C(C)(C)C)C1OC(=O)C(C)(C)C. The monoisotopic (exact) mass is 588 g/mol. The molecule has 0 radical (unpaired) electrons. The number of aliphatic hydroxyl groups is 1. The molecule has 0 saturated carbocycles. The summed E-state index contributed by atoms with van der Waals surface area (Å²) in [6, 6.07) is 0. The first-order chi connectivity index (χ1) is 18.4. The van der Waals surface area contributed by atoms with Crippen LogP contribution in [0, 0.1) is 21.7 Å². The molecule has 1 saturated heterocycles. The summed E-state index contributed by atoms with van der Waals surface area (Å²) in [5.74, 6) is -2.45. The molecule has 1 aliphatic rings. The minimum atomic E-state index is -1.38. The number of carbonyl (C=O) groups excluding carboxylic acids is 4. The maximum Gasteiger partial charge on any atom is 0.311 e. The van der Waals surface area contributed by atoms with Gasteiger partial charge in [-0.1, -0.05) is 0 Å². The highest BCUT2D eigenvalue weighted by molar-refractivity contribution is 5.78. The van der Waals surface area contributed by atoms with Crippen molar-refractivity contribution in [3.05, 3.63) is 0 Å². The Morgan fingerprint density at radius 3 is 1.44 bits per heavy atom. The van der Waals surface area contributed by atoms with Gasteiger partial charge in [-0.25, -0.2) is 0 Å². The van der Waals surface area contributed by atoms with Crippen LogP contribution in [0.15, 0.2) is 0 Å². The van der Waals surface area contributed by atoms with Crippen molar-refractivity contribution in [3.8, 4) is 0 Å². The smallest absolute Gasteiger partial charge is 0.311 e. The summed E-state index contributed by atoms with van der Waals surface area (Å²) < 4.78 is 35.5. The van der Waals surface area contributed by atoms with E-state index in [9.17, 15) is 24.3 Å². The maximum absolute atomic E-state index is 13.2. The van der Waals surface area contributed by atoms with E-state index in [1.165, 1.54) is 0 Å². The molecule has 0 aliphatic carbocycles. The molecule has 0 amide bonds. The van der Waals surface area contributed by atoms with E-state index < -0.39 is 82.3 Å². The van der Waals surface area contributed by atoms with Crippen LogP contribution in [0.25, 0.3) is 0 Å². The predicted molar refractivity (Wildman–Crippen MR) is 149 cm³/mol. The van der Waals surface area contributed by atoms with Crippen molar-refractivity contribution in [1.82, 2.24) is 0 Å². The summed E-state index contributed by atoms with van der Waals surface area (Å²) in [5.41, 5.74) is -3.70. The topological polar surface area (TPSA) is 144 Å². The van der Waals surface area contributed by atoms with Crippen LogP contribution in [0.3, 0.4) is 0 Å². The van der Waals surface area contributed by atoms with E-state index in [2.05, 4.69) is 0 Å². The van der Waals surface area contributed by atoms with Crippen LogP contribution >= 0.6 is 0 Å². The Morgan fingerprint density at radius 1 is 0.659 bits per heavy atom. The fraction of sp³-hybridized carbons (Fsp3) is 0.867. The van der Waals surface area contributed by atoms with Gasteiger partial charge in [0.2, 0.25) is 0 Å². The zero-order chi connectivity index (χ0) is 32.1. The van der Waals surface area contributed by atoms with Gasteiger partial charge in [0.05, 0.1) is 27.8 Å². The van der Waals surface area contributed by atoms with Gasteiger partial charge in [0.15, 0.2) is 24.6 Å². The van der Waals surface area contributed by atoms with Gasteiger partial charge in [0, 0.05) is 6.61 Å². The highest BCUT2D eigenvalue weighted by atomic mass is 16.7. The van der Waals surface area contributed by atoms with Gasteiger partial charge in [-0.15, -0.1) is 0 Å². The lowest BCUT2D eigenvalue weighted by Crippen LogP contribution is -2.64. The summed E-state index contributed by atoms with van der Waals surface area (Å²) in [5, 5.41) is 9.45. The van der Waals surface area contributed by atoms with Gasteiger partial charge >= 0.3 is 23.9 Å². The van der Waals surface area contributed by atoms with Gasteiger partial charge in [0.1, 0.15) is 12.7 Å². The van der Waals surface area contributed by atoms with Crippen LogP contribution < -0.4 is 0 Å². The summed E-state index contributed by atoms with van der Waals surface area (Å²) in [6.45, 7) is 21.1. The summed E-state index contributed by atoms with van der Waals surface area (Å²) in [7, 11) is 0. The lowest BCUT2D eigenvalue weighted by Gasteiger charge is -2.46. The number of aliphatic hydroxyl groups excluding tert-OH is 1. The van der Waals surface area contributed by atoms with Crippen LogP contribution in [0.2, 0.25) is 0 Å². The molecule has 238 valence electrons. The molecule has 0 bridgehead atoms. The van der Waals surface area contributed by atoms with E-state index in [1.54, 1.807) is 90.0 Å². The van der Waals surface area contributed by atoms with Crippen LogP contribution in [0.4, 0.5) is 0 Å². The predicted octanol–water partition coefficient (Wildman–Crippen LogP) is 3.96. The normalized spacial score (nSPS) is 24.7. The van der Waals surface area contributed by atoms with Crippen molar-refractivity contribution in [3.63, 3.8) is 0 Å². The third kappa shape index (κ3) is 11.2. The van der Waals surface area contributed by atoms with Crippen LogP contribution in [-0.4, -0.2) is 79.0 Å². The lowest BCUT2D eigenvalue weighted by molar-refractivity contribution is -0.319. The number of hydrogen-bond donors (Lipinski definition) is 1. The minimum absolute atomic E-state index is 0.179. The molecule has 0 aromatic carbocycles. The van der Waals surface area contributed by atoms with Gasteiger partial charge in [-0.05, 0) is 96.4 Å². The molecule has 1 rings (SSSR count). The Morgan fingerprint density at radius 2 is 1.05 bits per heavy atom. The van der Waals surface area contributed by atoms with E-state index in [0.717, 1.165) is 0 Å². The molecule has 1 fully saturated rings. The summed E-state index contributed by atoms with van der Waals surface area (Å²) in [4.78, 5) is 52.1. The zero-order valence-electron chi connectivity index (χ0n) is 27.1. The first-order valence-corrected chi connectivity index (χ1v) is 14.1. The standard InChI is InChI=1S/C30H52O11/c1-17(14-15-31)37-22-21(41-26(35)30(11,12)13)20(40-25(34)29(8,9)10)19(39-24(33)28(5,6)7)18(38-22)16-36-23(32)27(2,3)4/h17-22,31H,14-16H2,1-13H3/t17-,18?,19?,20?,21?,22?/m0/s1. The molecule has 5 unspecified atom stereocenters. The second-order valence-electron chi connectivity index (χ2n) is 14.7. The molecule has 0 aromatic heterocycles. The third-order valence-electron chi connectivity index (χ3n) is 6.05. The fourth-order valence-corrected chi connectivity index (χ4v) is 3.28. The first-order valence-electron chi connectivity index (χ1n) is 14.1. The average molecular weight is 589 g/mol. The quantitative estimate of drug-likeness (QED) is 0.309. The van der Waals surface area contributed by atoms with E-state index in [0.29, 0.717) is 0 Å². The van der Waals surface area contributed by atoms with Gasteiger partial charge in [0.25, 0.3) is 0 Å². The maximum atomic E-state index is 13.2. The molecule has 0 aromatic rings.